The summed E-state index contributed by atoms with van der Waals surface area (Å²) in [4.78, 5) is 22.9. The van der Waals surface area contributed by atoms with Crippen LogP contribution >= 0.6 is 0 Å². The van der Waals surface area contributed by atoms with Crippen molar-refractivity contribution in [3.05, 3.63) is 34.9 Å². The summed E-state index contributed by atoms with van der Waals surface area (Å²) in [7, 11) is 1.28. The third-order valence-electron chi connectivity index (χ3n) is 2.60. The number of hydrogen-bond donors (Lipinski definition) is 0. The summed E-state index contributed by atoms with van der Waals surface area (Å²) in [6.45, 7) is 1.94. The van der Waals surface area contributed by atoms with Gasteiger partial charge in [0.05, 0.1) is 12.7 Å². The zero-order valence-corrected chi connectivity index (χ0v) is 9.15. The third kappa shape index (κ3) is 1.78. The second kappa shape index (κ2) is 3.96. The highest BCUT2D eigenvalue weighted by Gasteiger charge is 2.31. The number of fused-ring (bicyclic) bond motifs is 1. The molecule has 2 rings (SSSR count). The van der Waals surface area contributed by atoms with Crippen LogP contribution in [0.2, 0.25) is 0 Å². The lowest BCUT2D eigenvalue weighted by molar-refractivity contribution is -0.151. The van der Waals surface area contributed by atoms with E-state index < -0.39 is 18.0 Å². The highest BCUT2D eigenvalue weighted by Crippen LogP contribution is 2.22. The molecule has 1 aromatic carbocycles. The van der Waals surface area contributed by atoms with Gasteiger partial charge < -0.3 is 9.47 Å². The zero-order chi connectivity index (χ0) is 11.7. The fourth-order valence-electron chi connectivity index (χ4n) is 1.79. The van der Waals surface area contributed by atoms with Gasteiger partial charge in [0.2, 0.25) is 6.10 Å². The van der Waals surface area contributed by atoms with E-state index in [1.165, 1.54) is 7.11 Å². The molecule has 1 aliphatic rings. The first-order valence-corrected chi connectivity index (χ1v) is 5.00. The molecule has 0 amide bonds. The van der Waals surface area contributed by atoms with Crippen molar-refractivity contribution in [3.8, 4) is 0 Å². The molecule has 0 aliphatic carbocycles. The number of carbonyl (C=O) groups is 2. The Morgan fingerprint density at radius 1 is 1.50 bits per heavy atom. The SMILES string of the molecule is COC(=O)C1Cc2cc(C)ccc2C(=O)O1. The lowest BCUT2D eigenvalue weighted by atomic mass is 9.97. The van der Waals surface area contributed by atoms with Gasteiger partial charge in [-0.2, -0.15) is 0 Å². The largest absolute Gasteiger partial charge is 0.466 e. The molecule has 4 nitrogen and oxygen atoms in total. The van der Waals surface area contributed by atoms with Crippen molar-refractivity contribution in [1.29, 1.82) is 0 Å². The van der Waals surface area contributed by atoms with Crippen molar-refractivity contribution in [2.75, 3.05) is 7.11 Å². The molecule has 0 fully saturated rings. The average Bonchev–Trinajstić information content (AvgIpc) is 2.27. The second-order valence-electron chi connectivity index (χ2n) is 3.78. The van der Waals surface area contributed by atoms with Gasteiger partial charge in [0.15, 0.2) is 0 Å². The Labute approximate surface area is 93.2 Å². The van der Waals surface area contributed by atoms with Crippen LogP contribution in [0, 0.1) is 6.92 Å². The topological polar surface area (TPSA) is 52.6 Å². The number of rotatable bonds is 1. The van der Waals surface area contributed by atoms with Crippen LogP contribution in [-0.4, -0.2) is 25.2 Å². The lowest BCUT2D eigenvalue weighted by Crippen LogP contribution is -2.35. The van der Waals surface area contributed by atoms with Crippen molar-refractivity contribution in [2.45, 2.75) is 19.4 Å². The summed E-state index contributed by atoms with van der Waals surface area (Å²) < 4.78 is 9.56. The highest BCUT2D eigenvalue weighted by atomic mass is 16.6. The van der Waals surface area contributed by atoms with Crippen molar-refractivity contribution >= 4 is 11.9 Å². The average molecular weight is 220 g/mol. The maximum absolute atomic E-state index is 11.6. The van der Waals surface area contributed by atoms with Crippen molar-refractivity contribution in [1.82, 2.24) is 0 Å². The molecule has 1 aromatic rings. The van der Waals surface area contributed by atoms with E-state index in [-0.39, 0.29) is 0 Å². The number of benzene rings is 1. The minimum atomic E-state index is -0.813. The Hall–Kier alpha value is -1.84. The van der Waals surface area contributed by atoms with E-state index in [4.69, 9.17) is 4.74 Å². The van der Waals surface area contributed by atoms with Gasteiger partial charge in [-0.3, -0.25) is 0 Å². The number of cyclic esters (lactones) is 1. The maximum atomic E-state index is 11.6. The van der Waals surface area contributed by atoms with Crippen LogP contribution in [-0.2, 0) is 20.7 Å². The number of ether oxygens (including phenoxy) is 2. The van der Waals surface area contributed by atoms with Crippen LogP contribution < -0.4 is 0 Å². The van der Waals surface area contributed by atoms with Gasteiger partial charge in [0, 0.05) is 6.42 Å². The first-order valence-electron chi connectivity index (χ1n) is 5.00. The van der Waals surface area contributed by atoms with E-state index in [1.54, 1.807) is 6.07 Å². The molecule has 4 heteroatoms. The van der Waals surface area contributed by atoms with Gasteiger partial charge >= 0.3 is 11.9 Å². The molecular formula is C12H12O4. The lowest BCUT2D eigenvalue weighted by Gasteiger charge is -2.22. The molecule has 1 aliphatic heterocycles. The van der Waals surface area contributed by atoms with Crippen LogP contribution in [0.25, 0.3) is 0 Å². The van der Waals surface area contributed by atoms with Gasteiger partial charge in [-0.25, -0.2) is 9.59 Å². The Bertz CT molecular complexity index is 450. The monoisotopic (exact) mass is 220 g/mol. The minimum Gasteiger partial charge on any atom is -0.466 e. The Morgan fingerprint density at radius 3 is 2.94 bits per heavy atom. The normalized spacial score (nSPS) is 18.6. The number of hydrogen-bond acceptors (Lipinski definition) is 4. The van der Waals surface area contributed by atoms with E-state index in [0.29, 0.717) is 12.0 Å². The Morgan fingerprint density at radius 2 is 2.25 bits per heavy atom. The Balaban J connectivity index is 2.34. The third-order valence-corrected chi connectivity index (χ3v) is 2.60. The molecule has 0 saturated carbocycles. The Kier molecular flexibility index (Phi) is 2.64. The molecular weight excluding hydrogens is 208 g/mol. The first-order chi connectivity index (χ1) is 7.61. The summed E-state index contributed by atoms with van der Waals surface area (Å²) in [6, 6.07) is 5.46. The molecule has 0 saturated heterocycles. The van der Waals surface area contributed by atoms with Crippen LogP contribution in [0.4, 0.5) is 0 Å². The van der Waals surface area contributed by atoms with Gasteiger partial charge in [-0.05, 0) is 18.6 Å². The molecule has 0 radical (unpaired) electrons. The van der Waals surface area contributed by atoms with Crippen LogP contribution in [0.5, 0.6) is 0 Å². The van der Waals surface area contributed by atoms with E-state index >= 15 is 0 Å². The number of methoxy groups -OCH3 is 1. The fraction of sp³-hybridized carbons (Fsp3) is 0.333. The van der Waals surface area contributed by atoms with Gasteiger partial charge in [-0.15, -0.1) is 0 Å². The molecule has 16 heavy (non-hydrogen) atoms. The molecule has 0 bridgehead atoms. The fourth-order valence-corrected chi connectivity index (χ4v) is 1.79. The van der Waals surface area contributed by atoms with E-state index in [0.717, 1.165) is 11.1 Å². The van der Waals surface area contributed by atoms with Crippen LogP contribution in [0.3, 0.4) is 0 Å². The minimum absolute atomic E-state index is 0.384. The summed E-state index contributed by atoms with van der Waals surface area (Å²) in [6.07, 6.45) is -0.429. The predicted molar refractivity (Wildman–Crippen MR) is 56.1 cm³/mol. The predicted octanol–water partition coefficient (Wildman–Crippen LogP) is 1.25. The molecule has 1 atom stereocenters. The summed E-state index contributed by atoms with van der Waals surface area (Å²) in [5.41, 5.74) is 2.43. The van der Waals surface area contributed by atoms with Crippen molar-refractivity contribution in [3.63, 3.8) is 0 Å². The van der Waals surface area contributed by atoms with Crippen molar-refractivity contribution < 1.29 is 19.1 Å². The van der Waals surface area contributed by atoms with E-state index in [1.807, 2.05) is 19.1 Å². The molecule has 0 N–H and O–H groups in total. The second-order valence-corrected chi connectivity index (χ2v) is 3.78. The van der Waals surface area contributed by atoms with Crippen LogP contribution in [0.1, 0.15) is 21.5 Å². The van der Waals surface area contributed by atoms with Crippen LogP contribution in [0.15, 0.2) is 18.2 Å². The zero-order valence-electron chi connectivity index (χ0n) is 9.15. The summed E-state index contributed by atoms with van der Waals surface area (Å²) in [5.74, 6) is -0.975. The van der Waals surface area contributed by atoms with Gasteiger partial charge in [0.25, 0.3) is 0 Å². The van der Waals surface area contributed by atoms with E-state index in [2.05, 4.69) is 4.74 Å². The van der Waals surface area contributed by atoms with Gasteiger partial charge in [0.1, 0.15) is 0 Å². The first kappa shape index (κ1) is 10.7. The highest BCUT2D eigenvalue weighted by molar-refractivity contribution is 5.95. The maximum Gasteiger partial charge on any atom is 0.347 e. The standard InChI is InChI=1S/C12H12O4/c1-7-3-4-9-8(5-7)6-10(12(14)15-2)16-11(9)13/h3-5,10H,6H2,1-2H3. The smallest absolute Gasteiger partial charge is 0.347 e. The molecule has 1 heterocycles. The number of carbonyl (C=O) groups excluding carboxylic acids is 2. The van der Waals surface area contributed by atoms with Gasteiger partial charge in [-0.1, -0.05) is 17.7 Å². The quantitative estimate of drug-likeness (QED) is 0.668. The number of aryl methyl sites for hydroxylation is 1. The number of esters is 2. The molecule has 1 unspecified atom stereocenters. The summed E-state index contributed by atoms with van der Waals surface area (Å²) in [5, 5.41) is 0. The summed E-state index contributed by atoms with van der Waals surface area (Å²) >= 11 is 0. The molecule has 0 aromatic heterocycles. The van der Waals surface area contributed by atoms with E-state index in [9.17, 15) is 9.59 Å². The molecule has 84 valence electrons. The molecule has 0 spiro atoms. The van der Waals surface area contributed by atoms with Crippen molar-refractivity contribution in [2.24, 2.45) is 0 Å².